The Kier molecular flexibility index (Phi) is 2.80. The van der Waals surface area contributed by atoms with Crippen molar-refractivity contribution >= 4 is 39.3 Å². The number of halogens is 1. The molecule has 6 heteroatoms. The fourth-order valence-corrected chi connectivity index (χ4v) is 3.40. The van der Waals surface area contributed by atoms with Crippen molar-refractivity contribution in [3.05, 3.63) is 53.6 Å². The summed E-state index contributed by atoms with van der Waals surface area (Å²) in [6.07, 6.45) is 1.31. The van der Waals surface area contributed by atoms with Crippen molar-refractivity contribution < 1.29 is 8.42 Å². The van der Waals surface area contributed by atoms with E-state index < -0.39 is 10.0 Å². The number of fused-ring (bicyclic) bond motifs is 1. The molecule has 2 aromatic rings. The number of hydrogen-bond acceptors (Lipinski definition) is 3. The largest absolute Gasteiger partial charge is 0.271 e. The van der Waals surface area contributed by atoms with Crippen LogP contribution >= 0.6 is 11.6 Å². The van der Waals surface area contributed by atoms with Gasteiger partial charge in [0.1, 0.15) is 11.2 Å². The lowest BCUT2D eigenvalue weighted by atomic mass is 10.3. The van der Waals surface area contributed by atoms with Gasteiger partial charge in [0.25, 0.3) is 10.0 Å². The zero-order valence-corrected chi connectivity index (χ0v) is 11.3. The molecule has 1 heterocycles. The molecule has 0 aliphatic carbocycles. The van der Waals surface area contributed by atoms with Gasteiger partial charge >= 0.3 is 0 Å². The number of rotatable bonds is 1. The molecule has 0 aromatic heterocycles. The molecular weight excluding hydrogens is 284 g/mol. The summed E-state index contributed by atoms with van der Waals surface area (Å²) < 4.78 is 26.1. The normalized spacial score (nSPS) is 16.2. The van der Waals surface area contributed by atoms with Crippen LogP contribution in [0.5, 0.6) is 0 Å². The SMILES string of the molecule is O=S1(=O)c2ccccc2N=CN1c1ccc(Cl)cc1. The minimum atomic E-state index is -3.61. The molecule has 1 aliphatic rings. The van der Waals surface area contributed by atoms with E-state index in [0.29, 0.717) is 16.4 Å². The maximum atomic E-state index is 12.5. The van der Waals surface area contributed by atoms with E-state index in [0.717, 1.165) is 4.31 Å². The highest BCUT2D eigenvalue weighted by Gasteiger charge is 2.29. The summed E-state index contributed by atoms with van der Waals surface area (Å²) in [6, 6.07) is 13.2. The fourth-order valence-electron chi connectivity index (χ4n) is 1.86. The fraction of sp³-hybridized carbons (Fsp3) is 0. The third-order valence-corrected chi connectivity index (χ3v) is 4.76. The monoisotopic (exact) mass is 292 g/mol. The van der Waals surface area contributed by atoms with Crippen molar-refractivity contribution in [2.75, 3.05) is 4.31 Å². The molecule has 0 fully saturated rings. The summed E-state index contributed by atoms with van der Waals surface area (Å²) in [5.74, 6) is 0. The van der Waals surface area contributed by atoms with Crippen LogP contribution in [0.4, 0.5) is 11.4 Å². The second kappa shape index (κ2) is 4.36. The van der Waals surface area contributed by atoms with Gasteiger partial charge < -0.3 is 0 Å². The number of hydrogen-bond donors (Lipinski definition) is 0. The van der Waals surface area contributed by atoms with Gasteiger partial charge in [0.05, 0.1) is 11.4 Å². The van der Waals surface area contributed by atoms with Crippen LogP contribution in [0.25, 0.3) is 0 Å². The second-order valence-corrected chi connectivity index (χ2v) is 6.21. The van der Waals surface area contributed by atoms with Gasteiger partial charge in [0.15, 0.2) is 0 Å². The molecular formula is C13H9ClN2O2S. The average molecular weight is 293 g/mol. The zero-order chi connectivity index (χ0) is 13.5. The van der Waals surface area contributed by atoms with Crippen molar-refractivity contribution in [1.82, 2.24) is 0 Å². The second-order valence-electron chi connectivity index (χ2n) is 3.99. The predicted molar refractivity (Wildman–Crippen MR) is 75.7 cm³/mol. The molecule has 0 saturated carbocycles. The molecule has 0 bridgehead atoms. The van der Waals surface area contributed by atoms with Gasteiger partial charge in [-0.2, -0.15) is 0 Å². The molecule has 19 heavy (non-hydrogen) atoms. The van der Waals surface area contributed by atoms with Crippen molar-refractivity contribution in [3.63, 3.8) is 0 Å². The van der Waals surface area contributed by atoms with Crippen LogP contribution in [-0.4, -0.2) is 14.8 Å². The topological polar surface area (TPSA) is 49.7 Å². The third-order valence-electron chi connectivity index (χ3n) is 2.78. The van der Waals surface area contributed by atoms with Gasteiger partial charge in [0.2, 0.25) is 0 Å². The van der Waals surface area contributed by atoms with E-state index in [1.165, 1.54) is 6.34 Å². The van der Waals surface area contributed by atoms with Crippen LogP contribution in [0.3, 0.4) is 0 Å². The summed E-state index contributed by atoms with van der Waals surface area (Å²) in [4.78, 5) is 4.36. The number of para-hydroxylation sites is 1. The Morgan fingerprint density at radius 1 is 1.00 bits per heavy atom. The molecule has 2 aromatic carbocycles. The summed E-state index contributed by atoms with van der Waals surface area (Å²) in [6.45, 7) is 0. The molecule has 1 aliphatic heterocycles. The predicted octanol–water partition coefficient (Wildman–Crippen LogP) is 3.21. The quantitative estimate of drug-likeness (QED) is 0.810. The standard InChI is InChI=1S/C13H9ClN2O2S/c14-10-5-7-11(8-6-10)16-9-15-12-3-1-2-4-13(12)19(16,17)18/h1-9H. The first kappa shape index (κ1) is 12.2. The van der Waals surface area contributed by atoms with E-state index >= 15 is 0 Å². The summed E-state index contributed by atoms with van der Waals surface area (Å²) in [5.41, 5.74) is 0.954. The molecule has 0 unspecified atom stereocenters. The first-order valence-electron chi connectivity index (χ1n) is 5.52. The molecule has 3 rings (SSSR count). The Morgan fingerprint density at radius 2 is 1.68 bits per heavy atom. The summed E-state index contributed by atoms with van der Waals surface area (Å²) in [5, 5.41) is 0.551. The first-order valence-corrected chi connectivity index (χ1v) is 7.34. The summed E-state index contributed by atoms with van der Waals surface area (Å²) in [7, 11) is -3.61. The maximum Gasteiger partial charge on any atom is 0.271 e. The maximum absolute atomic E-state index is 12.5. The molecule has 0 N–H and O–H groups in total. The van der Waals surface area contributed by atoms with Gasteiger partial charge in [-0.05, 0) is 36.4 Å². The number of nitrogens with zero attached hydrogens (tertiary/aromatic N) is 2. The number of aliphatic imine (C=N–C) groups is 1. The molecule has 0 spiro atoms. The van der Waals surface area contributed by atoms with Crippen LogP contribution in [-0.2, 0) is 10.0 Å². The van der Waals surface area contributed by atoms with Gasteiger partial charge in [0, 0.05) is 5.02 Å². The van der Waals surface area contributed by atoms with Gasteiger partial charge in [-0.25, -0.2) is 17.7 Å². The van der Waals surface area contributed by atoms with Crippen LogP contribution in [0.2, 0.25) is 5.02 Å². The highest BCUT2D eigenvalue weighted by molar-refractivity contribution is 7.93. The molecule has 0 saturated heterocycles. The lowest BCUT2D eigenvalue weighted by Crippen LogP contribution is -2.31. The molecule has 4 nitrogen and oxygen atoms in total. The minimum absolute atomic E-state index is 0.201. The zero-order valence-electron chi connectivity index (χ0n) is 9.69. The Labute approximate surface area is 116 Å². The molecule has 0 atom stereocenters. The van der Waals surface area contributed by atoms with Crippen LogP contribution in [0, 0.1) is 0 Å². The average Bonchev–Trinajstić information content (AvgIpc) is 2.40. The number of anilines is 1. The van der Waals surface area contributed by atoms with Crippen molar-refractivity contribution in [1.29, 1.82) is 0 Å². The van der Waals surface area contributed by atoms with Crippen LogP contribution in [0.1, 0.15) is 0 Å². The van der Waals surface area contributed by atoms with E-state index in [1.807, 2.05) is 0 Å². The number of benzene rings is 2. The highest BCUT2D eigenvalue weighted by Crippen LogP contribution is 2.33. The van der Waals surface area contributed by atoms with E-state index in [1.54, 1.807) is 48.5 Å². The van der Waals surface area contributed by atoms with E-state index in [-0.39, 0.29) is 4.90 Å². The van der Waals surface area contributed by atoms with Crippen molar-refractivity contribution in [2.45, 2.75) is 4.90 Å². The van der Waals surface area contributed by atoms with Crippen LogP contribution < -0.4 is 4.31 Å². The van der Waals surface area contributed by atoms with E-state index in [2.05, 4.69) is 4.99 Å². The highest BCUT2D eigenvalue weighted by atomic mass is 35.5. The Hall–Kier alpha value is -1.85. The lowest BCUT2D eigenvalue weighted by molar-refractivity contribution is 0.597. The first-order chi connectivity index (χ1) is 9.09. The van der Waals surface area contributed by atoms with Gasteiger partial charge in [-0.3, -0.25) is 0 Å². The van der Waals surface area contributed by atoms with Crippen LogP contribution in [0.15, 0.2) is 58.4 Å². The third kappa shape index (κ3) is 2.01. The molecule has 0 amide bonds. The molecule has 0 radical (unpaired) electrons. The Morgan fingerprint density at radius 3 is 2.42 bits per heavy atom. The van der Waals surface area contributed by atoms with Gasteiger partial charge in [-0.1, -0.05) is 23.7 Å². The lowest BCUT2D eigenvalue weighted by Gasteiger charge is -2.23. The smallest absolute Gasteiger partial charge is 0.236 e. The Bertz CT molecular complexity index is 754. The summed E-state index contributed by atoms with van der Waals surface area (Å²) >= 11 is 5.80. The number of sulfonamides is 1. The van der Waals surface area contributed by atoms with Crippen molar-refractivity contribution in [3.8, 4) is 0 Å². The van der Waals surface area contributed by atoms with E-state index in [4.69, 9.17) is 11.6 Å². The minimum Gasteiger partial charge on any atom is -0.236 e. The van der Waals surface area contributed by atoms with Gasteiger partial charge in [-0.15, -0.1) is 0 Å². The van der Waals surface area contributed by atoms with Crippen molar-refractivity contribution in [2.24, 2.45) is 4.99 Å². The Balaban J connectivity index is 2.14. The molecule has 96 valence electrons. The van der Waals surface area contributed by atoms with E-state index in [9.17, 15) is 8.42 Å².